The van der Waals surface area contributed by atoms with Crippen LogP contribution in [-0.2, 0) is 22.4 Å². The smallest absolute Gasteiger partial charge is 0.360 e. The number of ether oxygens (including phenoxy) is 2. The highest BCUT2D eigenvalue weighted by Gasteiger charge is 2.24. The van der Waals surface area contributed by atoms with Gasteiger partial charge in [-0.1, -0.05) is 18.6 Å². The van der Waals surface area contributed by atoms with E-state index in [4.69, 9.17) is 9.47 Å². The molecule has 1 fully saturated rings. The summed E-state index contributed by atoms with van der Waals surface area (Å²) in [6.45, 7) is 7.35. The van der Waals surface area contributed by atoms with Gasteiger partial charge in [-0.15, -0.1) is 5.10 Å². The summed E-state index contributed by atoms with van der Waals surface area (Å²) in [4.78, 5) is 14.2. The lowest BCUT2D eigenvalue weighted by Crippen LogP contribution is -2.42. The number of likely N-dealkylation sites (N-methyl/N-ethyl adjacent to an activating group) is 1. The lowest BCUT2D eigenvalue weighted by atomic mass is 10.2. The third-order valence-corrected chi connectivity index (χ3v) is 3.51. The first-order valence-electron chi connectivity index (χ1n) is 7.55. The average Bonchev–Trinajstić information content (AvgIpc) is 2.83. The molecule has 2 rings (SSSR count). The van der Waals surface area contributed by atoms with E-state index in [2.05, 4.69) is 29.2 Å². The number of rotatable bonds is 6. The number of hydrogen-bond donors (Lipinski definition) is 0. The van der Waals surface area contributed by atoms with Crippen LogP contribution in [0.25, 0.3) is 0 Å². The van der Waals surface area contributed by atoms with Gasteiger partial charge in [0, 0.05) is 13.1 Å². The van der Waals surface area contributed by atoms with Gasteiger partial charge in [-0.3, -0.25) is 0 Å². The summed E-state index contributed by atoms with van der Waals surface area (Å²) in [6, 6.07) is 0. The van der Waals surface area contributed by atoms with Crippen LogP contribution in [0.4, 0.5) is 0 Å². The number of hydrogen-bond acceptors (Lipinski definition) is 6. The fourth-order valence-corrected chi connectivity index (χ4v) is 2.49. The van der Waals surface area contributed by atoms with E-state index >= 15 is 0 Å². The molecule has 0 saturated carbocycles. The van der Waals surface area contributed by atoms with Crippen molar-refractivity contribution in [3.05, 3.63) is 11.4 Å². The maximum atomic E-state index is 11.9. The molecule has 1 unspecified atom stereocenters. The molecule has 1 aromatic rings. The van der Waals surface area contributed by atoms with Crippen LogP contribution in [0.5, 0.6) is 0 Å². The van der Waals surface area contributed by atoms with Crippen molar-refractivity contribution >= 4 is 5.97 Å². The summed E-state index contributed by atoms with van der Waals surface area (Å²) in [7, 11) is 2.08. The second-order valence-electron chi connectivity index (χ2n) is 5.29. The second-order valence-corrected chi connectivity index (χ2v) is 5.29. The van der Waals surface area contributed by atoms with Crippen LogP contribution in [-0.4, -0.2) is 65.3 Å². The Balaban J connectivity index is 2.13. The normalized spacial score (nSPS) is 19.7. The van der Waals surface area contributed by atoms with Crippen LogP contribution in [0, 0.1) is 0 Å². The van der Waals surface area contributed by atoms with Gasteiger partial charge in [0.2, 0.25) is 0 Å². The molecule has 0 radical (unpaired) electrons. The predicted octanol–water partition coefficient (Wildman–Crippen LogP) is 0.738. The van der Waals surface area contributed by atoms with E-state index in [0.717, 1.165) is 38.2 Å². The van der Waals surface area contributed by atoms with Gasteiger partial charge in [-0.2, -0.15) is 0 Å². The minimum Gasteiger partial charge on any atom is -0.461 e. The van der Waals surface area contributed by atoms with Gasteiger partial charge in [-0.25, -0.2) is 9.48 Å². The number of morpholine rings is 1. The molecule has 21 heavy (non-hydrogen) atoms. The van der Waals surface area contributed by atoms with Gasteiger partial charge in [0.25, 0.3) is 0 Å². The molecule has 118 valence electrons. The molecular weight excluding hydrogens is 272 g/mol. The number of carbonyl (C=O) groups is 1. The van der Waals surface area contributed by atoms with Crippen LogP contribution in [0.3, 0.4) is 0 Å². The van der Waals surface area contributed by atoms with Gasteiger partial charge >= 0.3 is 5.97 Å². The summed E-state index contributed by atoms with van der Waals surface area (Å²) in [5.41, 5.74) is 1.18. The molecular formula is C14H24N4O3. The predicted molar refractivity (Wildman–Crippen MR) is 77.2 cm³/mol. The first kappa shape index (κ1) is 15.9. The van der Waals surface area contributed by atoms with Gasteiger partial charge < -0.3 is 14.4 Å². The molecule has 7 nitrogen and oxygen atoms in total. The minimum absolute atomic E-state index is 0.0797. The summed E-state index contributed by atoms with van der Waals surface area (Å²) in [5, 5.41) is 8.13. The zero-order valence-electron chi connectivity index (χ0n) is 13.0. The molecule has 0 bridgehead atoms. The molecule has 1 aromatic heterocycles. The molecule has 7 heteroatoms. The number of aromatic nitrogens is 3. The zero-order chi connectivity index (χ0) is 15.2. The highest BCUT2D eigenvalue weighted by Crippen LogP contribution is 2.13. The van der Waals surface area contributed by atoms with Crippen molar-refractivity contribution in [2.24, 2.45) is 0 Å². The van der Waals surface area contributed by atoms with Gasteiger partial charge in [0.05, 0.1) is 31.6 Å². The quantitative estimate of drug-likeness (QED) is 0.721. The molecule has 0 aromatic carbocycles. The van der Waals surface area contributed by atoms with E-state index in [1.807, 2.05) is 0 Å². The molecule has 2 heterocycles. The Morgan fingerprint density at radius 3 is 2.95 bits per heavy atom. The summed E-state index contributed by atoms with van der Waals surface area (Å²) in [6.07, 6.45) is 1.76. The summed E-state index contributed by atoms with van der Waals surface area (Å²) in [5.74, 6) is -0.395. The molecule has 1 saturated heterocycles. The number of nitrogens with zero attached hydrogens (tertiary/aromatic N) is 4. The van der Waals surface area contributed by atoms with Crippen LogP contribution in [0.1, 0.15) is 36.5 Å². The van der Waals surface area contributed by atoms with Crippen molar-refractivity contribution < 1.29 is 14.3 Å². The van der Waals surface area contributed by atoms with Crippen molar-refractivity contribution in [1.29, 1.82) is 0 Å². The van der Waals surface area contributed by atoms with Crippen molar-refractivity contribution in [3.8, 4) is 0 Å². The van der Waals surface area contributed by atoms with Crippen molar-refractivity contribution in [1.82, 2.24) is 19.9 Å². The maximum absolute atomic E-state index is 11.9. The van der Waals surface area contributed by atoms with Crippen molar-refractivity contribution in [3.63, 3.8) is 0 Å². The summed E-state index contributed by atoms with van der Waals surface area (Å²) < 4.78 is 12.6. The van der Waals surface area contributed by atoms with Gasteiger partial charge in [0.15, 0.2) is 5.69 Å². The van der Waals surface area contributed by atoms with E-state index in [1.165, 1.54) is 0 Å². The Morgan fingerprint density at radius 2 is 2.29 bits per heavy atom. The summed E-state index contributed by atoms with van der Waals surface area (Å²) >= 11 is 0. The van der Waals surface area contributed by atoms with E-state index in [9.17, 15) is 4.79 Å². The van der Waals surface area contributed by atoms with Crippen LogP contribution < -0.4 is 0 Å². The Kier molecular flexibility index (Phi) is 5.69. The molecule has 0 amide bonds. The molecule has 0 N–H and O–H groups in total. The Morgan fingerprint density at radius 1 is 1.48 bits per heavy atom. The second kappa shape index (κ2) is 7.51. The molecule has 0 aliphatic carbocycles. The van der Waals surface area contributed by atoms with Crippen molar-refractivity contribution in [2.75, 3.05) is 33.4 Å². The third kappa shape index (κ3) is 4.01. The highest BCUT2D eigenvalue weighted by molar-refractivity contribution is 5.88. The monoisotopic (exact) mass is 296 g/mol. The van der Waals surface area contributed by atoms with Crippen molar-refractivity contribution in [2.45, 2.75) is 39.3 Å². The van der Waals surface area contributed by atoms with Crippen LogP contribution in [0.15, 0.2) is 0 Å². The van der Waals surface area contributed by atoms with Crippen LogP contribution in [0.2, 0.25) is 0 Å². The zero-order valence-corrected chi connectivity index (χ0v) is 13.0. The molecule has 0 spiro atoms. The third-order valence-electron chi connectivity index (χ3n) is 3.51. The van der Waals surface area contributed by atoms with Crippen LogP contribution >= 0.6 is 0 Å². The standard InChI is InChI=1S/C14H24N4O3/c1-4-6-12-13(14(19)20-5-2)15-16-18(12)10-11-9-17(3)7-8-21-11/h11H,4-10H2,1-3H3. The number of esters is 1. The first-order chi connectivity index (χ1) is 10.2. The molecule has 1 aliphatic heterocycles. The fraction of sp³-hybridized carbons (Fsp3) is 0.786. The Hall–Kier alpha value is -1.47. The molecule has 1 aliphatic rings. The topological polar surface area (TPSA) is 69.5 Å². The van der Waals surface area contributed by atoms with Gasteiger partial charge in [-0.05, 0) is 20.4 Å². The Bertz CT molecular complexity index is 475. The average molecular weight is 296 g/mol. The van der Waals surface area contributed by atoms with E-state index in [-0.39, 0.29) is 6.10 Å². The lowest BCUT2D eigenvalue weighted by molar-refractivity contribution is -0.0296. The van der Waals surface area contributed by atoms with Gasteiger partial charge in [0.1, 0.15) is 0 Å². The maximum Gasteiger partial charge on any atom is 0.360 e. The van der Waals surface area contributed by atoms with E-state index in [1.54, 1.807) is 11.6 Å². The molecule has 1 atom stereocenters. The SMILES string of the molecule is CCCc1c(C(=O)OCC)nnn1CC1CN(C)CCO1. The Labute approximate surface area is 125 Å². The number of carbonyl (C=O) groups excluding carboxylic acids is 1. The fourth-order valence-electron chi connectivity index (χ4n) is 2.49. The largest absolute Gasteiger partial charge is 0.461 e. The van der Waals surface area contributed by atoms with E-state index < -0.39 is 5.97 Å². The first-order valence-corrected chi connectivity index (χ1v) is 7.55. The van der Waals surface area contributed by atoms with E-state index in [0.29, 0.717) is 18.8 Å². The highest BCUT2D eigenvalue weighted by atomic mass is 16.5. The lowest BCUT2D eigenvalue weighted by Gasteiger charge is -2.30. The minimum atomic E-state index is -0.395.